The second-order valence-corrected chi connectivity index (χ2v) is 9.12. The highest BCUT2D eigenvalue weighted by Gasteiger charge is 2.22. The molecule has 1 aromatic carbocycles. The summed E-state index contributed by atoms with van der Waals surface area (Å²) in [6, 6.07) is 12.4. The van der Waals surface area contributed by atoms with E-state index in [9.17, 15) is 9.90 Å². The second kappa shape index (κ2) is 7.89. The number of aromatic nitrogens is 3. The molecule has 30 heavy (non-hydrogen) atoms. The Morgan fingerprint density at radius 1 is 1.17 bits per heavy atom. The number of hydrogen-bond donors (Lipinski definition) is 1. The number of hydrogen-bond acceptors (Lipinski definition) is 6. The van der Waals surface area contributed by atoms with Gasteiger partial charge in [0.05, 0.1) is 23.7 Å². The molecule has 1 N–H and O–H groups in total. The van der Waals surface area contributed by atoms with Crippen molar-refractivity contribution in [3.05, 3.63) is 65.6 Å². The largest absolute Gasteiger partial charge is 0.393 e. The molecule has 0 radical (unpaired) electrons. The van der Waals surface area contributed by atoms with E-state index < -0.39 is 0 Å². The van der Waals surface area contributed by atoms with Crippen LogP contribution in [0.1, 0.15) is 42.5 Å². The molecule has 154 valence electrons. The Labute approximate surface area is 179 Å². The van der Waals surface area contributed by atoms with E-state index in [1.165, 1.54) is 11.8 Å². The van der Waals surface area contributed by atoms with Gasteiger partial charge in [-0.2, -0.15) is 5.10 Å². The molecule has 0 amide bonds. The monoisotopic (exact) mass is 420 g/mol. The van der Waals surface area contributed by atoms with Gasteiger partial charge < -0.3 is 10.0 Å². The summed E-state index contributed by atoms with van der Waals surface area (Å²) in [6.45, 7) is 3.85. The summed E-state index contributed by atoms with van der Waals surface area (Å²) in [5, 5.41) is 14.7. The summed E-state index contributed by atoms with van der Waals surface area (Å²) in [4.78, 5) is 19.6. The SMILES string of the molecule is CC(c1ccc2c(c1)SC(=O)C2)c1ccn(-c2ccc(N3CCC(O)CC3)cn2)n1. The number of thioether (sulfide) groups is 1. The first kappa shape index (κ1) is 19.3. The molecular formula is C23H24N4O2S. The molecule has 0 saturated carbocycles. The Morgan fingerprint density at radius 3 is 2.77 bits per heavy atom. The van der Waals surface area contributed by atoms with Gasteiger partial charge >= 0.3 is 0 Å². The van der Waals surface area contributed by atoms with E-state index in [4.69, 9.17) is 5.10 Å². The summed E-state index contributed by atoms with van der Waals surface area (Å²) in [6.07, 6.45) is 5.78. The number of aliphatic hydroxyl groups excluding tert-OH is 1. The lowest BCUT2D eigenvalue weighted by Crippen LogP contribution is -2.35. The van der Waals surface area contributed by atoms with Crippen LogP contribution in [0.3, 0.4) is 0 Å². The van der Waals surface area contributed by atoms with Gasteiger partial charge in [-0.25, -0.2) is 9.67 Å². The fourth-order valence-electron chi connectivity index (χ4n) is 4.09. The van der Waals surface area contributed by atoms with E-state index in [1.807, 2.05) is 24.5 Å². The van der Waals surface area contributed by atoms with Gasteiger partial charge in [0.15, 0.2) is 10.9 Å². The van der Waals surface area contributed by atoms with Crippen LogP contribution < -0.4 is 4.90 Å². The lowest BCUT2D eigenvalue weighted by Gasteiger charge is -2.31. The number of aliphatic hydroxyl groups is 1. The van der Waals surface area contributed by atoms with E-state index in [2.05, 4.69) is 41.1 Å². The predicted octanol–water partition coefficient (Wildman–Crippen LogP) is 3.56. The molecule has 5 rings (SSSR count). The molecule has 0 bridgehead atoms. The second-order valence-electron chi connectivity index (χ2n) is 8.02. The topological polar surface area (TPSA) is 71.2 Å². The molecule has 2 aliphatic heterocycles. The van der Waals surface area contributed by atoms with Crippen LogP contribution in [0.2, 0.25) is 0 Å². The van der Waals surface area contributed by atoms with Gasteiger partial charge in [0.2, 0.25) is 0 Å². The highest BCUT2D eigenvalue weighted by atomic mass is 32.2. The third-order valence-corrected chi connectivity index (χ3v) is 6.97. The number of carbonyl (C=O) groups is 1. The minimum atomic E-state index is -0.178. The number of carbonyl (C=O) groups excluding carboxylic acids is 1. The van der Waals surface area contributed by atoms with Crippen molar-refractivity contribution in [2.24, 2.45) is 0 Å². The van der Waals surface area contributed by atoms with Gasteiger partial charge in [0.1, 0.15) is 0 Å². The van der Waals surface area contributed by atoms with Crippen LogP contribution >= 0.6 is 11.8 Å². The summed E-state index contributed by atoms with van der Waals surface area (Å²) >= 11 is 1.34. The quantitative estimate of drug-likeness (QED) is 0.696. The molecule has 1 fully saturated rings. The maximum absolute atomic E-state index is 11.7. The van der Waals surface area contributed by atoms with Crippen molar-refractivity contribution in [1.29, 1.82) is 0 Å². The Kier molecular flexibility index (Phi) is 5.08. The van der Waals surface area contributed by atoms with Crippen molar-refractivity contribution < 1.29 is 9.90 Å². The summed E-state index contributed by atoms with van der Waals surface area (Å²) < 4.78 is 1.81. The van der Waals surface area contributed by atoms with Gasteiger partial charge in [-0.3, -0.25) is 4.79 Å². The van der Waals surface area contributed by atoms with Crippen molar-refractivity contribution in [3.63, 3.8) is 0 Å². The molecule has 1 atom stereocenters. The summed E-state index contributed by atoms with van der Waals surface area (Å²) in [5.74, 6) is 0.913. The number of anilines is 1. The van der Waals surface area contributed by atoms with Crippen molar-refractivity contribution in [2.45, 2.75) is 43.1 Å². The van der Waals surface area contributed by atoms with Crippen LogP contribution in [0.4, 0.5) is 5.69 Å². The maximum atomic E-state index is 11.7. The van der Waals surface area contributed by atoms with Crippen LogP contribution in [0.25, 0.3) is 5.82 Å². The number of piperidine rings is 1. The van der Waals surface area contributed by atoms with Crippen LogP contribution in [0.5, 0.6) is 0 Å². The maximum Gasteiger partial charge on any atom is 0.198 e. The Morgan fingerprint density at radius 2 is 2.00 bits per heavy atom. The molecule has 6 nitrogen and oxygen atoms in total. The van der Waals surface area contributed by atoms with Crippen molar-refractivity contribution in [1.82, 2.24) is 14.8 Å². The first-order valence-electron chi connectivity index (χ1n) is 10.4. The number of nitrogens with zero attached hydrogens (tertiary/aromatic N) is 4. The van der Waals surface area contributed by atoms with Gasteiger partial charge in [-0.15, -0.1) is 0 Å². The molecule has 2 aliphatic rings. The molecule has 1 unspecified atom stereocenters. The van der Waals surface area contributed by atoms with E-state index in [1.54, 1.807) is 4.68 Å². The van der Waals surface area contributed by atoms with Crippen LogP contribution in [0.15, 0.2) is 53.7 Å². The molecule has 0 aliphatic carbocycles. The van der Waals surface area contributed by atoms with Crippen LogP contribution in [-0.4, -0.2) is 44.2 Å². The molecule has 4 heterocycles. The third kappa shape index (κ3) is 3.75. The first-order valence-corrected chi connectivity index (χ1v) is 11.2. The fraction of sp³-hybridized carbons (Fsp3) is 0.348. The summed E-state index contributed by atoms with van der Waals surface area (Å²) in [7, 11) is 0. The highest BCUT2D eigenvalue weighted by Crippen LogP contribution is 2.35. The number of fused-ring (bicyclic) bond motifs is 1. The zero-order valence-corrected chi connectivity index (χ0v) is 17.7. The lowest BCUT2D eigenvalue weighted by atomic mass is 9.96. The molecule has 0 spiro atoms. The minimum absolute atomic E-state index is 0.131. The minimum Gasteiger partial charge on any atom is -0.393 e. The number of pyridine rings is 1. The van der Waals surface area contributed by atoms with Gasteiger partial charge in [0.25, 0.3) is 0 Å². The zero-order chi connectivity index (χ0) is 20.7. The zero-order valence-electron chi connectivity index (χ0n) is 16.9. The van der Waals surface area contributed by atoms with Crippen molar-refractivity contribution in [2.75, 3.05) is 18.0 Å². The van der Waals surface area contributed by atoms with E-state index in [0.29, 0.717) is 6.42 Å². The third-order valence-electron chi connectivity index (χ3n) is 6.00. The number of benzene rings is 1. The molecular weight excluding hydrogens is 396 g/mol. The van der Waals surface area contributed by atoms with Crippen molar-refractivity contribution >= 4 is 22.6 Å². The average Bonchev–Trinajstić information content (AvgIpc) is 3.39. The van der Waals surface area contributed by atoms with E-state index >= 15 is 0 Å². The number of rotatable bonds is 4. The van der Waals surface area contributed by atoms with Crippen LogP contribution in [-0.2, 0) is 11.2 Å². The highest BCUT2D eigenvalue weighted by molar-refractivity contribution is 8.14. The van der Waals surface area contributed by atoms with Crippen molar-refractivity contribution in [3.8, 4) is 5.82 Å². The Balaban J connectivity index is 1.32. The van der Waals surface area contributed by atoms with E-state index in [0.717, 1.165) is 59.2 Å². The van der Waals surface area contributed by atoms with Gasteiger partial charge in [0, 0.05) is 36.5 Å². The predicted molar refractivity (Wildman–Crippen MR) is 117 cm³/mol. The summed E-state index contributed by atoms with van der Waals surface area (Å²) in [5.41, 5.74) is 4.34. The molecule has 1 saturated heterocycles. The fourth-order valence-corrected chi connectivity index (χ4v) is 5.03. The molecule has 3 aromatic rings. The molecule has 7 heteroatoms. The van der Waals surface area contributed by atoms with Gasteiger partial charge in [-0.1, -0.05) is 30.8 Å². The smallest absolute Gasteiger partial charge is 0.198 e. The molecule has 2 aromatic heterocycles. The lowest BCUT2D eigenvalue weighted by molar-refractivity contribution is -0.110. The Bertz CT molecular complexity index is 1070. The van der Waals surface area contributed by atoms with Gasteiger partial charge in [-0.05, 0) is 48.2 Å². The van der Waals surface area contributed by atoms with E-state index in [-0.39, 0.29) is 17.1 Å². The first-order chi connectivity index (χ1) is 14.6. The van der Waals surface area contributed by atoms with Crippen LogP contribution in [0, 0.1) is 0 Å². The normalized spacial score (nSPS) is 17.9. The Hall–Kier alpha value is -2.64. The standard InChI is InChI=1S/C23H24N4O2S/c1-15(16-2-3-17-13-23(29)30-21(17)12-16)20-8-11-27(25-20)22-5-4-18(14-24-22)26-9-6-19(28)7-10-26/h2-5,8,11-12,14-15,19,28H,6-7,9-10,13H2,1H3. The average molecular weight is 421 g/mol.